The molecule has 5 nitrogen and oxygen atoms in total. The molecule has 3 aromatic rings. The molecule has 6 heteroatoms. The fourth-order valence-corrected chi connectivity index (χ4v) is 4.60. The lowest BCUT2D eigenvalue weighted by Gasteiger charge is -2.28. The van der Waals surface area contributed by atoms with E-state index in [9.17, 15) is 4.79 Å². The zero-order valence-electron chi connectivity index (χ0n) is 17.7. The number of aromatic nitrogens is 1. The van der Waals surface area contributed by atoms with Crippen LogP contribution in [0.1, 0.15) is 34.8 Å². The van der Waals surface area contributed by atoms with Crippen LogP contribution in [-0.4, -0.2) is 42.5 Å². The van der Waals surface area contributed by atoms with Gasteiger partial charge in [-0.3, -0.25) is 9.69 Å². The van der Waals surface area contributed by atoms with Gasteiger partial charge in [-0.2, -0.15) is 0 Å². The number of hydrogen-bond donors (Lipinski definition) is 1. The normalized spacial score (nSPS) is 14.9. The molecular weight excluding hydrogens is 406 g/mol. The summed E-state index contributed by atoms with van der Waals surface area (Å²) in [5, 5.41) is 4.08. The highest BCUT2D eigenvalue weighted by Crippen LogP contribution is 2.27. The van der Waals surface area contributed by atoms with Crippen LogP contribution in [0.4, 0.5) is 0 Å². The Hall–Kier alpha value is -2.83. The molecular formula is C25H27N3O2S. The molecule has 2 heterocycles. The lowest BCUT2D eigenvalue weighted by Crippen LogP contribution is -2.36. The van der Waals surface area contributed by atoms with E-state index >= 15 is 0 Å². The molecule has 1 aliphatic heterocycles. The van der Waals surface area contributed by atoms with E-state index in [4.69, 9.17) is 4.74 Å². The van der Waals surface area contributed by atoms with Crippen molar-refractivity contribution in [2.75, 3.05) is 26.7 Å². The topological polar surface area (TPSA) is 54.5 Å². The second-order valence-corrected chi connectivity index (χ2v) is 8.63. The third-order valence-corrected chi connectivity index (χ3v) is 6.47. The van der Waals surface area contributed by atoms with Crippen molar-refractivity contribution in [1.82, 2.24) is 15.2 Å². The highest BCUT2D eigenvalue weighted by atomic mass is 32.2. The number of carbonyl (C=O) groups is 1. The summed E-state index contributed by atoms with van der Waals surface area (Å²) in [4.78, 5) is 20.6. The molecule has 4 rings (SSSR count). The maximum absolute atomic E-state index is 12.8. The molecule has 1 aromatic heterocycles. The van der Waals surface area contributed by atoms with Gasteiger partial charge in [-0.15, -0.1) is 0 Å². The highest BCUT2D eigenvalue weighted by Gasteiger charge is 2.24. The van der Waals surface area contributed by atoms with Gasteiger partial charge in [0.2, 0.25) is 0 Å². The van der Waals surface area contributed by atoms with Crippen LogP contribution < -0.4 is 10.1 Å². The molecule has 0 saturated carbocycles. The molecule has 1 saturated heterocycles. The second kappa shape index (κ2) is 10.5. The van der Waals surface area contributed by atoms with Gasteiger partial charge in [0.05, 0.1) is 13.2 Å². The van der Waals surface area contributed by atoms with Crippen molar-refractivity contribution in [1.29, 1.82) is 0 Å². The minimum Gasteiger partial charge on any atom is -0.497 e. The largest absolute Gasteiger partial charge is 0.497 e. The summed E-state index contributed by atoms with van der Waals surface area (Å²) in [7, 11) is 1.67. The number of nitrogens with zero attached hydrogens (tertiary/aromatic N) is 2. The summed E-state index contributed by atoms with van der Waals surface area (Å²) in [6.07, 6.45) is 4.19. The minimum absolute atomic E-state index is 0.0490. The predicted octanol–water partition coefficient (Wildman–Crippen LogP) is 4.81. The van der Waals surface area contributed by atoms with Gasteiger partial charge < -0.3 is 10.1 Å². The number of amides is 1. The fraction of sp³-hybridized carbons (Fsp3) is 0.280. The van der Waals surface area contributed by atoms with Crippen molar-refractivity contribution in [2.45, 2.75) is 28.8 Å². The molecule has 1 unspecified atom stereocenters. The van der Waals surface area contributed by atoms with E-state index in [1.54, 1.807) is 25.1 Å². The molecule has 1 atom stereocenters. The zero-order valence-corrected chi connectivity index (χ0v) is 18.5. The number of rotatable bonds is 8. The van der Waals surface area contributed by atoms with E-state index in [1.807, 2.05) is 54.6 Å². The number of methoxy groups -OCH3 is 1. The number of carbonyl (C=O) groups excluding carboxylic acids is 1. The molecule has 1 N–H and O–H groups in total. The second-order valence-electron chi connectivity index (χ2n) is 7.54. The Morgan fingerprint density at radius 1 is 1.06 bits per heavy atom. The molecule has 0 aliphatic carbocycles. The summed E-state index contributed by atoms with van der Waals surface area (Å²) >= 11 is 1.58. The summed E-state index contributed by atoms with van der Waals surface area (Å²) in [6.45, 7) is 2.70. The molecule has 0 bridgehead atoms. The Kier molecular flexibility index (Phi) is 7.22. The average molecular weight is 434 g/mol. The fourth-order valence-electron chi connectivity index (χ4n) is 3.83. The Labute approximate surface area is 187 Å². The van der Waals surface area contributed by atoms with Gasteiger partial charge in [-0.05, 0) is 80.0 Å². The number of likely N-dealkylation sites (tertiary alicyclic amines) is 1. The van der Waals surface area contributed by atoms with Crippen LogP contribution in [0.15, 0.2) is 82.8 Å². The van der Waals surface area contributed by atoms with Gasteiger partial charge in [0.15, 0.2) is 0 Å². The average Bonchev–Trinajstić information content (AvgIpc) is 3.35. The van der Waals surface area contributed by atoms with E-state index in [0.717, 1.165) is 28.8 Å². The van der Waals surface area contributed by atoms with Crippen LogP contribution in [-0.2, 0) is 0 Å². The van der Waals surface area contributed by atoms with Gasteiger partial charge >= 0.3 is 0 Å². The van der Waals surface area contributed by atoms with Crippen molar-refractivity contribution in [3.63, 3.8) is 0 Å². The predicted molar refractivity (Wildman–Crippen MR) is 124 cm³/mol. The summed E-state index contributed by atoms with van der Waals surface area (Å²) < 4.78 is 5.29. The standard InChI is InChI=1S/C25H27N3O2S/c1-30-21-11-7-19(8-12-21)23(28-16-4-5-17-28)18-27-25(29)20-9-13-22(14-10-20)31-24-6-2-3-15-26-24/h2-3,6-15,23H,4-5,16-18H2,1H3,(H,27,29). The minimum atomic E-state index is -0.0490. The molecule has 31 heavy (non-hydrogen) atoms. The van der Waals surface area contributed by atoms with Gasteiger partial charge in [0.1, 0.15) is 10.8 Å². The molecule has 1 amide bonds. The van der Waals surface area contributed by atoms with E-state index in [2.05, 4.69) is 27.3 Å². The monoisotopic (exact) mass is 433 g/mol. The van der Waals surface area contributed by atoms with E-state index in [1.165, 1.54) is 18.4 Å². The molecule has 2 aromatic carbocycles. The first kappa shape index (κ1) is 21.4. The van der Waals surface area contributed by atoms with Gasteiger partial charge in [-0.25, -0.2) is 4.98 Å². The van der Waals surface area contributed by atoms with Crippen LogP contribution in [0.3, 0.4) is 0 Å². The first-order valence-electron chi connectivity index (χ1n) is 10.6. The number of benzene rings is 2. The van der Waals surface area contributed by atoms with Crippen LogP contribution in [0, 0.1) is 0 Å². The molecule has 0 spiro atoms. The third kappa shape index (κ3) is 5.66. The summed E-state index contributed by atoms with van der Waals surface area (Å²) in [5.41, 5.74) is 1.87. The van der Waals surface area contributed by atoms with Crippen molar-refractivity contribution < 1.29 is 9.53 Å². The number of ether oxygens (including phenoxy) is 1. The Morgan fingerprint density at radius 2 is 1.81 bits per heavy atom. The van der Waals surface area contributed by atoms with Gasteiger partial charge in [0, 0.05) is 23.2 Å². The van der Waals surface area contributed by atoms with Crippen molar-refractivity contribution >= 4 is 17.7 Å². The SMILES string of the molecule is COc1ccc(C(CNC(=O)c2ccc(Sc3ccccn3)cc2)N2CCCC2)cc1. The van der Waals surface area contributed by atoms with Gasteiger partial charge in [-0.1, -0.05) is 30.0 Å². The lowest BCUT2D eigenvalue weighted by molar-refractivity contribution is 0.0938. The molecule has 160 valence electrons. The quantitative estimate of drug-likeness (QED) is 0.553. The third-order valence-electron chi connectivity index (χ3n) is 5.51. The van der Waals surface area contributed by atoms with Crippen molar-refractivity contribution in [3.05, 3.63) is 84.1 Å². The Morgan fingerprint density at radius 3 is 2.45 bits per heavy atom. The van der Waals surface area contributed by atoms with Crippen LogP contribution >= 0.6 is 11.8 Å². The first-order valence-corrected chi connectivity index (χ1v) is 11.4. The lowest BCUT2D eigenvalue weighted by atomic mass is 10.0. The Balaban J connectivity index is 1.40. The molecule has 1 aliphatic rings. The smallest absolute Gasteiger partial charge is 0.251 e. The van der Waals surface area contributed by atoms with Crippen molar-refractivity contribution in [2.24, 2.45) is 0 Å². The van der Waals surface area contributed by atoms with E-state index < -0.39 is 0 Å². The van der Waals surface area contributed by atoms with Gasteiger partial charge in [0.25, 0.3) is 5.91 Å². The van der Waals surface area contributed by atoms with Crippen LogP contribution in [0.5, 0.6) is 5.75 Å². The van der Waals surface area contributed by atoms with Crippen molar-refractivity contribution in [3.8, 4) is 5.75 Å². The summed E-state index contributed by atoms with van der Waals surface area (Å²) in [6, 6.07) is 21.9. The van der Waals surface area contributed by atoms with E-state index in [-0.39, 0.29) is 11.9 Å². The maximum Gasteiger partial charge on any atom is 0.251 e. The molecule has 1 fully saturated rings. The maximum atomic E-state index is 12.8. The zero-order chi connectivity index (χ0) is 21.5. The van der Waals surface area contributed by atoms with Crippen LogP contribution in [0.25, 0.3) is 0 Å². The van der Waals surface area contributed by atoms with E-state index in [0.29, 0.717) is 12.1 Å². The highest BCUT2D eigenvalue weighted by molar-refractivity contribution is 7.99. The Bertz CT molecular complexity index is 972. The summed E-state index contributed by atoms with van der Waals surface area (Å²) in [5.74, 6) is 0.795. The number of nitrogens with one attached hydrogen (secondary N) is 1. The molecule has 0 radical (unpaired) electrons. The first-order chi connectivity index (χ1) is 15.2. The number of pyridine rings is 1. The number of hydrogen-bond acceptors (Lipinski definition) is 5. The van der Waals surface area contributed by atoms with Crippen LogP contribution in [0.2, 0.25) is 0 Å².